The third-order valence-corrected chi connectivity index (χ3v) is 4.69. The number of nitriles is 1. The third-order valence-electron chi connectivity index (χ3n) is 4.69. The fourth-order valence-electron chi connectivity index (χ4n) is 3.26. The van der Waals surface area contributed by atoms with Gasteiger partial charge in [-0.3, -0.25) is 14.9 Å². The van der Waals surface area contributed by atoms with Crippen molar-refractivity contribution in [3.8, 4) is 11.8 Å². The summed E-state index contributed by atoms with van der Waals surface area (Å²) in [5.41, 5.74) is 1.41. The van der Waals surface area contributed by atoms with Crippen molar-refractivity contribution in [2.24, 2.45) is 0 Å². The van der Waals surface area contributed by atoms with Crippen LogP contribution >= 0.6 is 0 Å². The molecule has 0 aliphatic carbocycles. The molecule has 0 unspecified atom stereocenters. The Labute approximate surface area is 168 Å². The molecule has 2 aromatic carbocycles. The van der Waals surface area contributed by atoms with E-state index in [1.807, 2.05) is 6.07 Å². The standard InChI is InChI=1S/C21H20N4O4/c1-29-20-7-3-2-6-18(20)23-21(26)16(14-22)12-15-13-17(25(27)28)8-9-19(15)24-10-4-5-11-24/h2-3,6-9,12-13H,4-5,10-11H2,1H3,(H,23,26)/b16-12+. The summed E-state index contributed by atoms with van der Waals surface area (Å²) < 4.78 is 5.21. The molecule has 1 N–H and O–H groups in total. The van der Waals surface area contributed by atoms with Crippen LogP contribution in [-0.4, -0.2) is 31.0 Å². The highest BCUT2D eigenvalue weighted by Gasteiger charge is 2.20. The van der Waals surface area contributed by atoms with Crippen LogP contribution in [0.25, 0.3) is 6.08 Å². The maximum absolute atomic E-state index is 12.7. The average Bonchev–Trinajstić information content (AvgIpc) is 3.26. The zero-order chi connectivity index (χ0) is 20.8. The zero-order valence-corrected chi connectivity index (χ0v) is 15.9. The van der Waals surface area contributed by atoms with Gasteiger partial charge in [0.05, 0.1) is 17.7 Å². The van der Waals surface area contributed by atoms with E-state index in [0.29, 0.717) is 17.0 Å². The van der Waals surface area contributed by atoms with E-state index in [-0.39, 0.29) is 11.3 Å². The lowest BCUT2D eigenvalue weighted by Crippen LogP contribution is -2.19. The molecular weight excluding hydrogens is 372 g/mol. The van der Waals surface area contributed by atoms with Crippen LogP contribution in [-0.2, 0) is 4.79 Å². The minimum absolute atomic E-state index is 0.0957. The quantitative estimate of drug-likeness (QED) is 0.347. The number of ether oxygens (including phenoxy) is 1. The van der Waals surface area contributed by atoms with Crippen molar-refractivity contribution >= 4 is 29.0 Å². The minimum atomic E-state index is -0.615. The second-order valence-electron chi connectivity index (χ2n) is 6.52. The highest BCUT2D eigenvalue weighted by atomic mass is 16.6. The lowest BCUT2D eigenvalue weighted by molar-refractivity contribution is -0.384. The van der Waals surface area contributed by atoms with Crippen LogP contribution in [0.5, 0.6) is 5.75 Å². The Hall–Kier alpha value is -3.86. The van der Waals surface area contributed by atoms with Crippen molar-refractivity contribution in [2.45, 2.75) is 12.8 Å². The van der Waals surface area contributed by atoms with E-state index < -0.39 is 10.8 Å². The first-order chi connectivity index (χ1) is 14.0. The number of nitro groups is 1. The number of amides is 1. The summed E-state index contributed by atoms with van der Waals surface area (Å²) >= 11 is 0. The van der Waals surface area contributed by atoms with Crippen molar-refractivity contribution < 1.29 is 14.5 Å². The molecule has 3 rings (SSSR count). The molecule has 0 saturated carbocycles. The van der Waals surface area contributed by atoms with Crippen LogP contribution in [0.2, 0.25) is 0 Å². The van der Waals surface area contributed by atoms with E-state index in [4.69, 9.17) is 4.74 Å². The van der Waals surface area contributed by atoms with Gasteiger partial charge in [-0.25, -0.2) is 0 Å². The van der Waals surface area contributed by atoms with Gasteiger partial charge >= 0.3 is 0 Å². The average molecular weight is 392 g/mol. The molecule has 148 valence electrons. The van der Waals surface area contributed by atoms with E-state index in [2.05, 4.69) is 10.2 Å². The molecule has 0 aromatic heterocycles. The molecule has 2 aromatic rings. The number of rotatable bonds is 6. The van der Waals surface area contributed by atoms with Crippen LogP contribution in [0.1, 0.15) is 18.4 Å². The van der Waals surface area contributed by atoms with Crippen molar-refractivity contribution in [1.82, 2.24) is 0 Å². The molecule has 1 heterocycles. The number of anilines is 2. The van der Waals surface area contributed by atoms with Gasteiger partial charge in [0.25, 0.3) is 11.6 Å². The van der Waals surface area contributed by atoms with E-state index in [1.54, 1.807) is 30.3 Å². The van der Waals surface area contributed by atoms with Gasteiger partial charge in [-0.2, -0.15) is 5.26 Å². The van der Waals surface area contributed by atoms with Gasteiger partial charge in [-0.15, -0.1) is 0 Å². The summed E-state index contributed by atoms with van der Waals surface area (Å²) in [6.45, 7) is 1.65. The molecule has 1 aliphatic rings. The summed E-state index contributed by atoms with van der Waals surface area (Å²) in [4.78, 5) is 25.5. The molecule has 0 spiro atoms. The largest absolute Gasteiger partial charge is 0.495 e. The van der Waals surface area contributed by atoms with Gasteiger partial charge in [0, 0.05) is 36.5 Å². The SMILES string of the molecule is COc1ccccc1NC(=O)/C(C#N)=C/c1cc([N+](=O)[O-])ccc1N1CCCC1. The number of methoxy groups -OCH3 is 1. The number of benzene rings is 2. The Bertz CT molecular complexity index is 1000. The monoisotopic (exact) mass is 392 g/mol. The van der Waals surface area contributed by atoms with Crippen LogP contribution < -0.4 is 15.0 Å². The van der Waals surface area contributed by atoms with E-state index in [1.165, 1.54) is 25.3 Å². The Morgan fingerprint density at radius 1 is 1.28 bits per heavy atom. The van der Waals surface area contributed by atoms with Gasteiger partial charge in [-0.05, 0) is 37.1 Å². The first kappa shape index (κ1) is 19.9. The first-order valence-electron chi connectivity index (χ1n) is 9.13. The van der Waals surface area contributed by atoms with Crippen LogP contribution in [0.15, 0.2) is 48.0 Å². The second kappa shape index (κ2) is 8.89. The van der Waals surface area contributed by atoms with Gasteiger partial charge in [0.2, 0.25) is 0 Å². The predicted octanol–water partition coefficient (Wildman–Crippen LogP) is 3.75. The van der Waals surface area contributed by atoms with E-state index >= 15 is 0 Å². The highest BCUT2D eigenvalue weighted by Crippen LogP contribution is 2.30. The van der Waals surface area contributed by atoms with Crippen LogP contribution in [0, 0.1) is 21.4 Å². The molecular formula is C21H20N4O4. The number of carbonyl (C=O) groups is 1. The molecule has 1 saturated heterocycles. The lowest BCUT2D eigenvalue weighted by Gasteiger charge is -2.20. The fraction of sp³-hybridized carbons (Fsp3) is 0.238. The molecule has 0 atom stereocenters. The number of nitrogens with zero attached hydrogens (tertiary/aromatic N) is 3. The number of carbonyl (C=O) groups excluding carboxylic acids is 1. The topological polar surface area (TPSA) is 108 Å². The zero-order valence-electron chi connectivity index (χ0n) is 15.9. The van der Waals surface area contributed by atoms with Gasteiger partial charge in [0.15, 0.2) is 0 Å². The number of hydrogen-bond acceptors (Lipinski definition) is 6. The molecule has 8 nitrogen and oxygen atoms in total. The number of para-hydroxylation sites is 2. The maximum atomic E-state index is 12.7. The molecule has 1 fully saturated rings. The number of nitro benzene ring substituents is 1. The minimum Gasteiger partial charge on any atom is -0.495 e. The van der Waals surface area contributed by atoms with Gasteiger partial charge in [-0.1, -0.05) is 12.1 Å². The summed E-state index contributed by atoms with van der Waals surface area (Å²) in [5, 5.41) is 23.4. The van der Waals surface area contributed by atoms with Crippen molar-refractivity contribution in [3.05, 3.63) is 63.7 Å². The fourth-order valence-corrected chi connectivity index (χ4v) is 3.26. The number of non-ortho nitro benzene ring substituents is 1. The number of hydrogen-bond donors (Lipinski definition) is 1. The summed E-state index contributed by atoms with van der Waals surface area (Å²) in [6, 6.07) is 13.2. The summed E-state index contributed by atoms with van der Waals surface area (Å²) in [6.07, 6.45) is 3.45. The van der Waals surface area contributed by atoms with Crippen molar-refractivity contribution in [3.63, 3.8) is 0 Å². The number of nitrogens with one attached hydrogen (secondary N) is 1. The van der Waals surface area contributed by atoms with Crippen molar-refractivity contribution in [2.75, 3.05) is 30.4 Å². The lowest BCUT2D eigenvalue weighted by atomic mass is 10.1. The van der Waals surface area contributed by atoms with E-state index in [9.17, 15) is 20.2 Å². The maximum Gasteiger partial charge on any atom is 0.270 e. The first-order valence-corrected chi connectivity index (χ1v) is 9.13. The Kier molecular flexibility index (Phi) is 6.09. The molecule has 1 amide bonds. The molecule has 0 bridgehead atoms. The predicted molar refractivity (Wildman–Crippen MR) is 110 cm³/mol. The molecule has 1 aliphatic heterocycles. The molecule has 29 heavy (non-hydrogen) atoms. The van der Waals surface area contributed by atoms with Crippen LogP contribution in [0.4, 0.5) is 17.1 Å². The smallest absolute Gasteiger partial charge is 0.270 e. The highest BCUT2D eigenvalue weighted by molar-refractivity contribution is 6.10. The summed E-state index contributed by atoms with van der Waals surface area (Å²) in [5.74, 6) is -0.151. The van der Waals surface area contributed by atoms with Gasteiger partial charge in [0.1, 0.15) is 17.4 Å². The van der Waals surface area contributed by atoms with E-state index in [0.717, 1.165) is 31.6 Å². The van der Waals surface area contributed by atoms with Crippen LogP contribution in [0.3, 0.4) is 0 Å². The molecule has 8 heteroatoms. The summed E-state index contributed by atoms with van der Waals surface area (Å²) in [7, 11) is 1.48. The molecule has 0 radical (unpaired) electrons. The second-order valence-corrected chi connectivity index (χ2v) is 6.52. The normalized spacial score (nSPS) is 13.7. The third kappa shape index (κ3) is 4.52. The Morgan fingerprint density at radius 2 is 2.00 bits per heavy atom. The Balaban J connectivity index is 1.97. The van der Waals surface area contributed by atoms with Gasteiger partial charge < -0.3 is 15.0 Å². The Morgan fingerprint density at radius 3 is 2.66 bits per heavy atom. The van der Waals surface area contributed by atoms with Crippen molar-refractivity contribution in [1.29, 1.82) is 5.26 Å².